The molecule has 2 heterocycles. The van der Waals surface area contributed by atoms with Crippen LogP contribution in [0.1, 0.15) is 10.5 Å². The lowest BCUT2D eigenvalue weighted by Gasteiger charge is -2.07. The number of nitrogens with zero attached hydrogens (tertiary/aromatic N) is 3. The second kappa shape index (κ2) is 7.14. The summed E-state index contributed by atoms with van der Waals surface area (Å²) in [5.74, 6) is -0.366. The number of anilines is 1. The Balaban J connectivity index is 1.93. The van der Waals surface area contributed by atoms with Crippen molar-refractivity contribution >= 4 is 45.8 Å². The SMILES string of the molecule is CO/C(N)=N\c1cccc2ncc(NC(=O)c3ccc(Cl)cn3)cc12. The number of nitrogens with two attached hydrogens (primary N) is 1. The van der Waals surface area contributed by atoms with E-state index in [0.717, 1.165) is 5.39 Å². The molecule has 0 bridgehead atoms. The van der Waals surface area contributed by atoms with Gasteiger partial charge in [0.1, 0.15) is 5.69 Å². The van der Waals surface area contributed by atoms with Gasteiger partial charge in [-0.15, -0.1) is 0 Å². The van der Waals surface area contributed by atoms with E-state index in [4.69, 9.17) is 22.1 Å². The van der Waals surface area contributed by atoms with Gasteiger partial charge in [0.05, 0.1) is 35.2 Å². The third-order valence-electron chi connectivity index (χ3n) is 3.36. The second-order valence-corrected chi connectivity index (χ2v) is 5.47. The lowest BCUT2D eigenvalue weighted by atomic mass is 10.1. The zero-order valence-electron chi connectivity index (χ0n) is 13.2. The molecule has 126 valence electrons. The van der Waals surface area contributed by atoms with E-state index in [1.807, 2.05) is 12.1 Å². The average Bonchev–Trinajstić information content (AvgIpc) is 2.62. The third kappa shape index (κ3) is 3.84. The van der Waals surface area contributed by atoms with Crippen molar-refractivity contribution < 1.29 is 9.53 Å². The molecule has 0 aliphatic rings. The number of amidine groups is 1. The lowest BCUT2D eigenvalue weighted by Crippen LogP contribution is -2.13. The van der Waals surface area contributed by atoms with Crippen LogP contribution in [0, 0.1) is 0 Å². The summed E-state index contributed by atoms with van der Waals surface area (Å²) in [6.45, 7) is 0. The minimum Gasteiger partial charge on any atom is -0.469 e. The number of methoxy groups -OCH3 is 1. The monoisotopic (exact) mass is 355 g/mol. The van der Waals surface area contributed by atoms with Gasteiger partial charge in [0, 0.05) is 11.6 Å². The van der Waals surface area contributed by atoms with Gasteiger partial charge in [-0.05, 0) is 30.3 Å². The number of carbonyl (C=O) groups excluding carboxylic acids is 1. The van der Waals surface area contributed by atoms with Gasteiger partial charge in [0.25, 0.3) is 11.9 Å². The van der Waals surface area contributed by atoms with E-state index in [0.29, 0.717) is 21.9 Å². The summed E-state index contributed by atoms with van der Waals surface area (Å²) in [4.78, 5) is 24.8. The zero-order valence-corrected chi connectivity index (χ0v) is 14.0. The number of nitrogens with one attached hydrogen (secondary N) is 1. The van der Waals surface area contributed by atoms with E-state index in [1.165, 1.54) is 13.3 Å². The largest absolute Gasteiger partial charge is 0.469 e. The van der Waals surface area contributed by atoms with Gasteiger partial charge in [-0.2, -0.15) is 4.99 Å². The molecule has 1 amide bonds. The molecular formula is C17H14ClN5O2. The molecule has 0 radical (unpaired) electrons. The molecule has 0 spiro atoms. The number of hydrogen-bond acceptors (Lipinski definition) is 5. The summed E-state index contributed by atoms with van der Waals surface area (Å²) in [7, 11) is 1.44. The van der Waals surface area contributed by atoms with Gasteiger partial charge >= 0.3 is 0 Å². The van der Waals surface area contributed by atoms with Crippen LogP contribution in [0.5, 0.6) is 0 Å². The molecule has 0 atom stereocenters. The Hall–Kier alpha value is -3.19. The Morgan fingerprint density at radius 2 is 2.08 bits per heavy atom. The number of pyridine rings is 2. The molecule has 0 saturated heterocycles. The first-order valence-electron chi connectivity index (χ1n) is 7.26. The van der Waals surface area contributed by atoms with Gasteiger partial charge in [-0.25, -0.2) is 4.98 Å². The fourth-order valence-electron chi connectivity index (χ4n) is 2.17. The van der Waals surface area contributed by atoms with Gasteiger partial charge in [-0.1, -0.05) is 17.7 Å². The normalized spacial score (nSPS) is 11.4. The number of amides is 1. The Morgan fingerprint density at radius 3 is 2.80 bits per heavy atom. The predicted molar refractivity (Wildman–Crippen MR) is 97.2 cm³/mol. The molecule has 0 aliphatic carbocycles. The number of aromatic nitrogens is 2. The van der Waals surface area contributed by atoms with E-state index in [9.17, 15) is 4.79 Å². The molecule has 2 aromatic heterocycles. The van der Waals surface area contributed by atoms with Crippen molar-refractivity contribution in [1.29, 1.82) is 0 Å². The van der Waals surface area contributed by atoms with Crippen molar-refractivity contribution in [2.45, 2.75) is 0 Å². The van der Waals surface area contributed by atoms with Crippen LogP contribution >= 0.6 is 11.6 Å². The van der Waals surface area contributed by atoms with Crippen LogP contribution in [0.3, 0.4) is 0 Å². The first-order valence-corrected chi connectivity index (χ1v) is 7.64. The molecule has 0 unspecified atom stereocenters. The molecule has 8 heteroatoms. The molecule has 3 rings (SSSR count). The van der Waals surface area contributed by atoms with Crippen LogP contribution < -0.4 is 11.1 Å². The van der Waals surface area contributed by atoms with Crippen molar-refractivity contribution in [3.05, 3.63) is 59.5 Å². The second-order valence-electron chi connectivity index (χ2n) is 5.04. The van der Waals surface area contributed by atoms with Crippen molar-refractivity contribution in [3.8, 4) is 0 Å². The van der Waals surface area contributed by atoms with Crippen LogP contribution in [0.4, 0.5) is 11.4 Å². The van der Waals surface area contributed by atoms with Crippen molar-refractivity contribution in [3.63, 3.8) is 0 Å². The van der Waals surface area contributed by atoms with E-state index in [2.05, 4.69) is 20.3 Å². The van der Waals surface area contributed by atoms with Crippen LogP contribution in [-0.4, -0.2) is 29.0 Å². The number of ether oxygens (including phenoxy) is 1. The molecule has 0 saturated carbocycles. The molecule has 7 nitrogen and oxygen atoms in total. The van der Waals surface area contributed by atoms with Gasteiger partial charge < -0.3 is 15.8 Å². The fourth-order valence-corrected chi connectivity index (χ4v) is 2.28. The molecule has 1 aromatic carbocycles. The average molecular weight is 356 g/mol. The first kappa shape index (κ1) is 16.7. The van der Waals surface area contributed by atoms with E-state index in [1.54, 1.807) is 30.5 Å². The van der Waals surface area contributed by atoms with Crippen LogP contribution in [-0.2, 0) is 4.74 Å². The maximum Gasteiger partial charge on any atom is 0.286 e. The predicted octanol–water partition coefficient (Wildman–Crippen LogP) is 3.13. The Kier molecular flexibility index (Phi) is 4.76. The number of fused-ring (bicyclic) bond motifs is 1. The summed E-state index contributed by atoms with van der Waals surface area (Å²) >= 11 is 5.78. The number of halogens is 1. The number of hydrogen-bond donors (Lipinski definition) is 2. The minimum atomic E-state index is -0.366. The van der Waals surface area contributed by atoms with Crippen LogP contribution in [0.25, 0.3) is 10.9 Å². The van der Waals surface area contributed by atoms with E-state index in [-0.39, 0.29) is 17.6 Å². The lowest BCUT2D eigenvalue weighted by molar-refractivity contribution is 0.102. The van der Waals surface area contributed by atoms with Gasteiger partial charge in [0.15, 0.2) is 0 Å². The number of carbonyl (C=O) groups is 1. The highest BCUT2D eigenvalue weighted by Crippen LogP contribution is 2.27. The standard InChI is InChI=1S/C17H14ClN5O2/c1-25-17(19)23-14-4-2-3-13-12(14)7-11(9-21-13)22-16(24)15-6-5-10(18)8-20-15/h2-9H,1H3,(H2,19,23)(H,22,24). The smallest absolute Gasteiger partial charge is 0.286 e. The number of benzene rings is 1. The highest BCUT2D eigenvalue weighted by atomic mass is 35.5. The molecule has 3 aromatic rings. The van der Waals surface area contributed by atoms with Crippen molar-refractivity contribution in [2.24, 2.45) is 10.7 Å². The van der Waals surface area contributed by atoms with Gasteiger partial charge in [-0.3, -0.25) is 9.78 Å². The first-order chi connectivity index (χ1) is 12.1. The number of aliphatic imine (C=N–C) groups is 1. The van der Waals surface area contributed by atoms with Crippen LogP contribution in [0.15, 0.2) is 53.8 Å². The summed E-state index contributed by atoms with van der Waals surface area (Å²) in [6.07, 6.45) is 2.97. The molecular weight excluding hydrogens is 342 g/mol. The minimum absolute atomic E-state index is 0.0345. The van der Waals surface area contributed by atoms with Crippen LogP contribution in [0.2, 0.25) is 5.02 Å². The fraction of sp³-hybridized carbons (Fsp3) is 0.0588. The summed E-state index contributed by atoms with van der Waals surface area (Å²) in [6, 6.07) is 10.4. The summed E-state index contributed by atoms with van der Waals surface area (Å²) in [5, 5.41) is 3.93. The van der Waals surface area contributed by atoms with Crippen molar-refractivity contribution in [1.82, 2.24) is 9.97 Å². The Bertz CT molecular complexity index is 957. The van der Waals surface area contributed by atoms with E-state index < -0.39 is 0 Å². The van der Waals surface area contributed by atoms with Crippen molar-refractivity contribution in [2.75, 3.05) is 12.4 Å². The molecule has 25 heavy (non-hydrogen) atoms. The highest BCUT2D eigenvalue weighted by molar-refractivity contribution is 6.30. The molecule has 0 aliphatic heterocycles. The Morgan fingerprint density at radius 1 is 1.24 bits per heavy atom. The summed E-state index contributed by atoms with van der Waals surface area (Å²) < 4.78 is 4.88. The van der Waals surface area contributed by atoms with E-state index >= 15 is 0 Å². The quantitative estimate of drug-likeness (QED) is 0.555. The van der Waals surface area contributed by atoms with Gasteiger partial charge in [0.2, 0.25) is 0 Å². The Labute approximate surface area is 148 Å². The zero-order chi connectivity index (χ0) is 17.8. The maximum atomic E-state index is 12.3. The topological polar surface area (TPSA) is 102 Å². The molecule has 0 fully saturated rings. The maximum absolute atomic E-state index is 12.3. The number of rotatable bonds is 3. The molecule has 3 N–H and O–H groups in total. The third-order valence-corrected chi connectivity index (χ3v) is 3.58. The summed E-state index contributed by atoms with van der Waals surface area (Å²) in [5.41, 5.74) is 7.68. The highest BCUT2D eigenvalue weighted by Gasteiger charge is 2.10.